The van der Waals surface area contributed by atoms with Crippen LogP contribution in [-0.2, 0) is 27.4 Å². The van der Waals surface area contributed by atoms with Crippen molar-refractivity contribution in [2.24, 2.45) is 34.0 Å². The average molecular weight is 577 g/mol. The summed E-state index contributed by atoms with van der Waals surface area (Å²) in [5.41, 5.74) is 6.01. The van der Waals surface area contributed by atoms with Crippen LogP contribution in [0.1, 0.15) is 65.5 Å². The maximum Gasteiger partial charge on any atom is 0.328 e. The van der Waals surface area contributed by atoms with Gasteiger partial charge in [0.2, 0.25) is 0 Å². The van der Waals surface area contributed by atoms with Crippen molar-refractivity contribution < 1.29 is 19.4 Å². The summed E-state index contributed by atoms with van der Waals surface area (Å²) in [4.78, 5) is 39.6. The van der Waals surface area contributed by atoms with Crippen LogP contribution in [0.3, 0.4) is 0 Å². The van der Waals surface area contributed by atoms with Gasteiger partial charge in [-0.05, 0) is 42.9 Å². The highest BCUT2D eigenvalue weighted by atomic mass is 16.5. The summed E-state index contributed by atoms with van der Waals surface area (Å²) < 4.78 is 9.56. The van der Waals surface area contributed by atoms with Gasteiger partial charge in [-0.25, -0.2) is 19.6 Å². The molecule has 224 valence electrons. The first-order valence-electron chi connectivity index (χ1n) is 14.8. The highest BCUT2D eigenvalue weighted by molar-refractivity contribution is 5.86. The molecule has 3 N–H and O–H groups in total. The number of nitrogens with two attached hydrogens (primary N) is 1. The molecule has 0 spiro atoms. The van der Waals surface area contributed by atoms with Gasteiger partial charge in [-0.3, -0.25) is 9.59 Å². The van der Waals surface area contributed by atoms with Gasteiger partial charge in [-0.1, -0.05) is 39.0 Å². The third kappa shape index (κ3) is 4.17. The fourth-order valence-electron chi connectivity index (χ4n) is 8.51. The number of ether oxygens (including phenoxy) is 1. The number of ketones is 1. The molecule has 3 aromatic rings. The molecule has 12 heteroatoms. The molecular formula is C30H40N8O4. The number of carbonyl (C=O) groups is 2. The molecule has 8 atom stereocenters. The molecule has 0 radical (unpaired) electrons. The van der Waals surface area contributed by atoms with E-state index in [2.05, 4.69) is 52.6 Å². The number of anilines is 1. The zero-order valence-electron chi connectivity index (χ0n) is 24.7. The van der Waals surface area contributed by atoms with Crippen molar-refractivity contribution in [1.82, 2.24) is 34.5 Å². The lowest BCUT2D eigenvalue weighted by atomic mass is 9.44. The van der Waals surface area contributed by atoms with E-state index >= 15 is 0 Å². The minimum atomic E-state index is -0.708. The molecule has 3 fully saturated rings. The number of esters is 1. The van der Waals surface area contributed by atoms with Crippen LogP contribution in [-0.4, -0.2) is 63.6 Å². The lowest BCUT2D eigenvalue weighted by Crippen LogP contribution is -2.63. The molecule has 42 heavy (non-hydrogen) atoms. The minimum absolute atomic E-state index is 0.0792. The molecule has 3 heterocycles. The molecule has 12 nitrogen and oxygen atoms in total. The van der Waals surface area contributed by atoms with Crippen molar-refractivity contribution >= 4 is 28.7 Å². The molecule has 3 aliphatic rings. The van der Waals surface area contributed by atoms with Crippen molar-refractivity contribution in [3.63, 3.8) is 0 Å². The van der Waals surface area contributed by atoms with Crippen LogP contribution in [0.4, 0.5) is 5.82 Å². The number of fused-ring (bicyclic) bond motifs is 1. The maximum atomic E-state index is 13.6. The number of aromatic nitrogens is 7. The molecule has 0 amide bonds. The normalized spacial score (nSPS) is 36.3. The Bertz CT molecular complexity index is 1550. The predicted molar refractivity (Wildman–Crippen MR) is 154 cm³/mol. The number of nitrogens with zero attached hydrogens (tertiary/aromatic N) is 7. The Hall–Kier alpha value is -3.67. The molecule has 6 rings (SSSR count). The number of imidazole rings is 1. The number of hydrogen-bond donors (Lipinski definition) is 2. The first-order chi connectivity index (χ1) is 19.9. The zero-order chi connectivity index (χ0) is 30.0. The fraction of sp³-hybridized carbons (Fsp3) is 0.633. The molecule has 0 unspecified atom stereocenters. The molecule has 0 aromatic carbocycles. The second kappa shape index (κ2) is 9.96. The van der Waals surface area contributed by atoms with Crippen LogP contribution >= 0.6 is 0 Å². The molecule has 3 aliphatic carbocycles. The Labute approximate surface area is 244 Å². The standard InChI is InChI=1S/C30H40N8O4/c1-6-28(4)11-21(29(5)17(2)7-9-30(18(3)25(28)41)10-8-20(39)24(29)30)42-22(40)14-38-13-19(35-36-38)12-37-16-34-23-26(31)32-15-33-27(23)37/h6,13,15-18,21,24-25,41H,1,7-12,14H2,2-5H3,(H2,31,32,33)/t17-,18+,21-,24-,25+,28-,29+,30+/m1/s1. The predicted octanol–water partition coefficient (Wildman–Crippen LogP) is 2.95. The number of aliphatic hydroxyl groups is 1. The molecule has 3 aromatic heterocycles. The van der Waals surface area contributed by atoms with Crippen molar-refractivity contribution in [2.75, 3.05) is 5.73 Å². The molecule has 2 bridgehead atoms. The summed E-state index contributed by atoms with van der Waals surface area (Å²) in [5, 5.41) is 20.1. The molecule has 0 saturated heterocycles. The topological polar surface area (TPSA) is 164 Å². The Kier molecular flexibility index (Phi) is 6.75. The summed E-state index contributed by atoms with van der Waals surface area (Å²) in [5.74, 6) is -0.129. The number of nitrogen functional groups attached to an aromatic ring is 1. The van der Waals surface area contributed by atoms with Gasteiger partial charge in [0.15, 0.2) is 11.5 Å². The number of Topliss-reactive ketones (excluding diaryl/α,β-unsaturated/α-hetero) is 1. The van der Waals surface area contributed by atoms with E-state index in [4.69, 9.17) is 10.5 Å². The van der Waals surface area contributed by atoms with Gasteiger partial charge in [0, 0.05) is 23.2 Å². The van der Waals surface area contributed by atoms with Gasteiger partial charge in [-0.15, -0.1) is 11.7 Å². The lowest BCUT2D eigenvalue weighted by Gasteiger charge is -2.61. The summed E-state index contributed by atoms with van der Waals surface area (Å²) in [7, 11) is 0. The van der Waals surface area contributed by atoms with Gasteiger partial charge in [0.1, 0.15) is 36.0 Å². The third-order valence-corrected chi connectivity index (χ3v) is 11.2. The van der Waals surface area contributed by atoms with E-state index in [1.807, 2.05) is 6.92 Å². The lowest BCUT2D eigenvalue weighted by molar-refractivity contribution is -0.207. The molecule has 3 saturated carbocycles. The second-order valence-electron chi connectivity index (χ2n) is 13.3. The second-order valence-corrected chi connectivity index (χ2v) is 13.3. The Morgan fingerprint density at radius 1 is 1.26 bits per heavy atom. The number of aliphatic hydroxyl groups excluding tert-OH is 1. The molecular weight excluding hydrogens is 536 g/mol. The maximum absolute atomic E-state index is 13.6. The number of rotatable bonds is 6. The summed E-state index contributed by atoms with van der Waals surface area (Å²) in [6.07, 6.45) is 8.64. The molecule has 0 aliphatic heterocycles. The quantitative estimate of drug-likeness (QED) is 0.329. The third-order valence-electron chi connectivity index (χ3n) is 11.2. The van der Waals surface area contributed by atoms with Crippen LogP contribution in [0.15, 0.2) is 31.5 Å². The van der Waals surface area contributed by atoms with E-state index in [0.717, 1.165) is 19.3 Å². The van der Waals surface area contributed by atoms with Gasteiger partial charge in [0.05, 0.1) is 25.2 Å². The van der Waals surface area contributed by atoms with E-state index < -0.39 is 29.0 Å². The van der Waals surface area contributed by atoms with Crippen LogP contribution in [0, 0.1) is 34.0 Å². The van der Waals surface area contributed by atoms with E-state index in [1.54, 1.807) is 23.2 Å². The average Bonchev–Trinajstić information content (AvgIpc) is 3.68. The van der Waals surface area contributed by atoms with Gasteiger partial charge in [-0.2, -0.15) is 0 Å². The van der Waals surface area contributed by atoms with E-state index in [0.29, 0.717) is 42.1 Å². The van der Waals surface area contributed by atoms with Crippen LogP contribution in [0.5, 0.6) is 0 Å². The van der Waals surface area contributed by atoms with Crippen LogP contribution in [0.2, 0.25) is 0 Å². The number of hydrogen-bond acceptors (Lipinski definition) is 10. The highest BCUT2D eigenvalue weighted by Crippen LogP contribution is 2.68. The summed E-state index contributed by atoms with van der Waals surface area (Å²) >= 11 is 0. The largest absolute Gasteiger partial charge is 0.460 e. The fourth-order valence-corrected chi connectivity index (χ4v) is 8.51. The first-order valence-corrected chi connectivity index (χ1v) is 14.8. The first kappa shape index (κ1) is 28.4. The Balaban J connectivity index is 1.25. The van der Waals surface area contributed by atoms with Gasteiger partial charge < -0.3 is 20.1 Å². The van der Waals surface area contributed by atoms with E-state index in [9.17, 15) is 14.7 Å². The monoisotopic (exact) mass is 576 g/mol. The van der Waals surface area contributed by atoms with Crippen LogP contribution < -0.4 is 5.73 Å². The van der Waals surface area contributed by atoms with Crippen molar-refractivity contribution in [2.45, 2.75) is 85.1 Å². The van der Waals surface area contributed by atoms with Gasteiger partial charge >= 0.3 is 5.97 Å². The van der Waals surface area contributed by atoms with Gasteiger partial charge in [0.25, 0.3) is 0 Å². The Morgan fingerprint density at radius 3 is 2.81 bits per heavy atom. The van der Waals surface area contributed by atoms with E-state index in [-0.39, 0.29) is 35.5 Å². The van der Waals surface area contributed by atoms with Crippen molar-refractivity contribution in [1.29, 1.82) is 0 Å². The van der Waals surface area contributed by atoms with E-state index in [1.165, 1.54) is 11.0 Å². The smallest absolute Gasteiger partial charge is 0.328 e. The van der Waals surface area contributed by atoms with Crippen molar-refractivity contribution in [3.05, 3.63) is 37.2 Å². The summed E-state index contributed by atoms with van der Waals surface area (Å²) in [6.45, 7) is 12.7. The highest BCUT2D eigenvalue weighted by Gasteiger charge is 2.68. The zero-order valence-corrected chi connectivity index (χ0v) is 24.7. The summed E-state index contributed by atoms with van der Waals surface area (Å²) in [6, 6.07) is 0. The SMILES string of the molecule is C=C[C@]1(C)C[C@@H](OC(=O)Cn2cc(Cn3cnc4c(N)ncnc43)nn2)[C@]2(C)[C@H](C)CC[C@]3(CCC(=O)[C@@H]32)[C@@H](C)[C@@H]1O. The Morgan fingerprint density at radius 2 is 2.05 bits per heavy atom. The van der Waals surface area contributed by atoms with Crippen molar-refractivity contribution in [3.8, 4) is 0 Å². The van der Waals surface area contributed by atoms with Crippen LogP contribution in [0.25, 0.3) is 11.2 Å². The minimum Gasteiger partial charge on any atom is -0.460 e. The number of carbonyl (C=O) groups excluding carboxylic acids is 2.